The standard InChI is InChI=1S/C10H15NO3S/c1-10(2,3)8-6-7(12)4-5-9(8)15(11,13)14/h4-6,12H,1-3H3,(H2,11,13,14). The summed E-state index contributed by atoms with van der Waals surface area (Å²) < 4.78 is 22.6. The molecular formula is C10H15NO3S. The van der Waals surface area contributed by atoms with Crippen molar-refractivity contribution in [3.8, 4) is 5.75 Å². The Labute approximate surface area is 89.8 Å². The molecule has 0 aliphatic carbocycles. The number of phenolic OH excluding ortho intramolecular Hbond substituents is 1. The second-order valence-electron chi connectivity index (χ2n) is 4.48. The molecule has 0 bridgehead atoms. The number of hydrogen-bond donors (Lipinski definition) is 2. The van der Waals surface area contributed by atoms with Crippen LogP contribution in [0.25, 0.3) is 0 Å². The molecule has 0 amide bonds. The van der Waals surface area contributed by atoms with E-state index in [1.54, 1.807) is 0 Å². The first-order chi connectivity index (χ1) is 6.62. The number of nitrogens with two attached hydrogens (primary N) is 1. The van der Waals surface area contributed by atoms with E-state index in [1.165, 1.54) is 18.2 Å². The van der Waals surface area contributed by atoms with E-state index in [4.69, 9.17) is 5.14 Å². The maximum Gasteiger partial charge on any atom is 0.238 e. The monoisotopic (exact) mass is 229 g/mol. The Bertz CT molecular complexity index is 472. The Hall–Kier alpha value is -1.07. The summed E-state index contributed by atoms with van der Waals surface area (Å²) in [6.07, 6.45) is 0. The largest absolute Gasteiger partial charge is 0.508 e. The molecule has 0 unspecified atom stereocenters. The Morgan fingerprint density at radius 2 is 1.80 bits per heavy atom. The lowest BCUT2D eigenvalue weighted by atomic mass is 9.87. The van der Waals surface area contributed by atoms with Crippen molar-refractivity contribution in [1.29, 1.82) is 0 Å². The summed E-state index contributed by atoms with van der Waals surface area (Å²) in [5.74, 6) is 0.0346. The van der Waals surface area contributed by atoms with E-state index in [1.807, 2.05) is 20.8 Å². The van der Waals surface area contributed by atoms with E-state index >= 15 is 0 Å². The van der Waals surface area contributed by atoms with Gasteiger partial charge in [0.25, 0.3) is 0 Å². The molecule has 1 rings (SSSR count). The molecule has 0 atom stereocenters. The third kappa shape index (κ3) is 2.70. The van der Waals surface area contributed by atoms with E-state index in [0.717, 1.165) is 0 Å². The third-order valence-electron chi connectivity index (χ3n) is 2.08. The highest BCUT2D eigenvalue weighted by Gasteiger charge is 2.23. The predicted molar refractivity (Wildman–Crippen MR) is 58.2 cm³/mol. The minimum Gasteiger partial charge on any atom is -0.508 e. The van der Waals surface area contributed by atoms with Crippen LogP contribution in [0.2, 0.25) is 0 Å². The molecule has 4 nitrogen and oxygen atoms in total. The molecule has 0 fully saturated rings. The first kappa shape index (κ1) is 12.0. The van der Waals surface area contributed by atoms with Gasteiger partial charge in [0.05, 0.1) is 4.90 Å². The number of rotatable bonds is 1. The van der Waals surface area contributed by atoms with Crippen LogP contribution < -0.4 is 5.14 Å². The fourth-order valence-corrected chi connectivity index (χ4v) is 2.28. The Morgan fingerprint density at radius 3 is 2.20 bits per heavy atom. The van der Waals surface area contributed by atoms with E-state index in [0.29, 0.717) is 5.56 Å². The molecule has 84 valence electrons. The van der Waals surface area contributed by atoms with Crippen LogP contribution in [-0.2, 0) is 15.4 Å². The SMILES string of the molecule is CC(C)(C)c1cc(O)ccc1S(N)(=O)=O. The van der Waals surface area contributed by atoms with Crippen molar-refractivity contribution < 1.29 is 13.5 Å². The van der Waals surface area contributed by atoms with Gasteiger partial charge in [0.15, 0.2) is 0 Å². The molecule has 3 N–H and O–H groups in total. The van der Waals surface area contributed by atoms with Crippen molar-refractivity contribution >= 4 is 10.0 Å². The lowest BCUT2D eigenvalue weighted by Crippen LogP contribution is -2.21. The van der Waals surface area contributed by atoms with Gasteiger partial charge in [0.2, 0.25) is 10.0 Å². The summed E-state index contributed by atoms with van der Waals surface area (Å²) in [4.78, 5) is 0.0628. The van der Waals surface area contributed by atoms with Gasteiger partial charge >= 0.3 is 0 Å². The number of benzene rings is 1. The number of sulfonamides is 1. The maximum absolute atomic E-state index is 11.3. The van der Waals surface area contributed by atoms with E-state index in [9.17, 15) is 13.5 Å². The summed E-state index contributed by atoms with van der Waals surface area (Å²) in [7, 11) is -3.74. The van der Waals surface area contributed by atoms with E-state index in [-0.39, 0.29) is 16.1 Å². The van der Waals surface area contributed by atoms with Gasteiger partial charge in [-0.2, -0.15) is 0 Å². The first-order valence-corrected chi connectivity index (χ1v) is 6.03. The van der Waals surface area contributed by atoms with E-state index < -0.39 is 10.0 Å². The number of hydrogen-bond acceptors (Lipinski definition) is 3. The number of phenols is 1. The molecule has 1 aromatic rings. The van der Waals surface area contributed by atoms with Crippen molar-refractivity contribution in [3.05, 3.63) is 23.8 Å². The molecule has 0 saturated heterocycles. The lowest BCUT2D eigenvalue weighted by molar-refractivity contribution is 0.469. The molecule has 0 radical (unpaired) electrons. The number of aromatic hydroxyl groups is 1. The topological polar surface area (TPSA) is 80.4 Å². The van der Waals surface area contributed by atoms with Gasteiger partial charge in [-0.3, -0.25) is 0 Å². The van der Waals surface area contributed by atoms with Crippen LogP contribution in [0.4, 0.5) is 0 Å². The zero-order valence-corrected chi connectivity index (χ0v) is 9.80. The minimum absolute atomic E-state index is 0.0346. The summed E-state index contributed by atoms with van der Waals surface area (Å²) in [5, 5.41) is 14.4. The summed E-state index contributed by atoms with van der Waals surface area (Å²) in [6, 6.07) is 4.07. The maximum atomic E-state index is 11.3. The average molecular weight is 229 g/mol. The van der Waals surface area contributed by atoms with Crippen molar-refractivity contribution in [1.82, 2.24) is 0 Å². The van der Waals surface area contributed by atoms with Gasteiger partial charge in [0, 0.05) is 0 Å². The van der Waals surface area contributed by atoms with Crippen LogP contribution in [0.1, 0.15) is 26.3 Å². The normalized spacial score (nSPS) is 12.8. The van der Waals surface area contributed by atoms with Crippen LogP contribution in [0.15, 0.2) is 23.1 Å². The van der Waals surface area contributed by atoms with Gasteiger partial charge in [-0.05, 0) is 29.2 Å². The zero-order valence-electron chi connectivity index (χ0n) is 8.98. The predicted octanol–water partition coefficient (Wildman–Crippen LogP) is 1.34. The molecule has 5 heteroatoms. The highest BCUT2D eigenvalue weighted by molar-refractivity contribution is 7.89. The molecule has 1 aromatic carbocycles. The fraction of sp³-hybridized carbons (Fsp3) is 0.400. The van der Waals surface area contributed by atoms with Crippen LogP contribution in [0.3, 0.4) is 0 Å². The molecular weight excluding hydrogens is 214 g/mol. The van der Waals surface area contributed by atoms with Crippen LogP contribution >= 0.6 is 0 Å². The fourth-order valence-electron chi connectivity index (χ4n) is 1.35. The lowest BCUT2D eigenvalue weighted by Gasteiger charge is -2.22. The van der Waals surface area contributed by atoms with Gasteiger partial charge in [-0.25, -0.2) is 13.6 Å². The first-order valence-electron chi connectivity index (χ1n) is 4.48. The smallest absolute Gasteiger partial charge is 0.238 e. The summed E-state index contributed by atoms with van der Waals surface area (Å²) >= 11 is 0. The molecule has 15 heavy (non-hydrogen) atoms. The van der Waals surface area contributed by atoms with Gasteiger partial charge in [-0.15, -0.1) is 0 Å². The third-order valence-corrected chi connectivity index (χ3v) is 3.05. The second kappa shape index (κ2) is 3.50. The van der Waals surface area contributed by atoms with Crippen LogP contribution in [-0.4, -0.2) is 13.5 Å². The Morgan fingerprint density at radius 1 is 1.27 bits per heavy atom. The molecule has 0 aliphatic rings. The van der Waals surface area contributed by atoms with Crippen molar-refractivity contribution in [2.75, 3.05) is 0 Å². The summed E-state index contributed by atoms with van der Waals surface area (Å²) in [6.45, 7) is 5.57. The zero-order chi connectivity index (χ0) is 11.9. The quantitative estimate of drug-likeness (QED) is 0.762. The molecule has 0 aliphatic heterocycles. The molecule has 0 saturated carbocycles. The highest BCUT2D eigenvalue weighted by atomic mass is 32.2. The second-order valence-corrected chi connectivity index (χ2v) is 6.01. The summed E-state index contributed by atoms with van der Waals surface area (Å²) in [5.41, 5.74) is 0.130. The van der Waals surface area contributed by atoms with Crippen LogP contribution in [0.5, 0.6) is 5.75 Å². The Balaban J connectivity index is 3.55. The Kier molecular flexibility index (Phi) is 2.80. The molecule has 0 aromatic heterocycles. The van der Waals surface area contributed by atoms with E-state index in [2.05, 4.69) is 0 Å². The van der Waals surface area contributed by atoms with Gasteiger partial charge in [0.1, 0.15) is 5.75 Å². The average Bonchev–Trinajstić information content (AvgIpc) is 2.00. The molecule has 0 heterocycles. The minimum atomic E-state index is -3.74. The van der Waals surface area contributed by atoms with Crippen molar-refractivity contribution in [3.63, 3.8) is 0 Å². The van der Waals surface area contributed by atoms with Crippen molar-refractivity contribution in [2.45, 2.75) is 31.1 Å². The van der Waals surface area contributed by atoms with Crippen LogP contribution in [0, 0.1) is 0 Å². The number of primary sulfonamides is 1. The molecule has 0 spiro atoms. The van der Waals surface area contributed by atoms with Crippen molar-refractivity contribution in [2.24, 2.45) is 5.14 Å². The van der Waals surface area contributed by atoms with Gasteiger partial charge < -0.3 is 5.11 Å². The highest BCUT2D eigenvalue weighted by Crippen LogP contribution is 2.30. The van der Waals surface area contributed by atoms with Gasteiger partial charge in [-0.1, -0.05) is 20.8 Å².